The molecule has 5 nitrogen and oxygen atoms in total. The fourth-order valence-corrected chi connectivity index (χ4v) is 3.46. The predicted molar refractivity (Wildman–Crippen MR) is 92.0 cm³/mol. The summed E-state index contributed by atoms with van der Waals surface area (Å²) in [5.41, 5.74) is -1.52. The third kappa shape index (κ3) is 3.54. The molecule has 1 aromatic carbocycles. The molecule has 0 radical (unpaired) electrons. The lowest BCUT2D eigenvalue weighted by atomic mass is 10.1. The van der Waals surface area contributed by atoms with E-state index in [4.69, 9.17) is 0 Å². The number of fused-ring (bicyclic) bond motifs is 1. The normalized spacial score (nSPS) is 11.9. The van der Waals surface area contributed by atoms with Gasteiger partial charge >= 0.3 is 6.18 Å². The lowest BCUT2D eigenvalue weighted by molar-refractivity contribution is -0.137. The van der Waals surface area contributed by atoms with Gasteiger partial charge in [0, 0.05) is 10.7 Å². The van der Waals surface area contributed by atoms with E-state index in [0.29, 0.717) is 9.37 Å². The average molecular weight is 431 g/mol. The van der Waals surface area contributed by atoms with Crippen LogP contribution in [0.1, 0.15) is 12.5 Å². The van der Waals surface area contributed by atoms with Crippen molar-refractivity contribution in [2.75, 3.05) is 5.75 Å². The first kappa shape index (κ1) is 17.9. The van der Waals surface area contributed by atoms with Crippen molar-refractivity contribution in [1.29, 1.82) is 0 Å². The summed E-state index contributed by atoms with van der Waals surface area (Å²) in [5.74, 6) is 0.950. The standard InChI is InChI=1S/C15H10BrF3N4OS/c1-2-25-12-6-9(16)7-20-13(12)23-14(24)10-5-8(15(17,18)19)3-4-11(10)21-22-23/h3-7H,2H2,1H3. The zero-order valence-electron chi connectivity index (χ0n) is 12.7. The summed E-state index contributed by atoms with van der Waals surface area (Å²) in [6.45, 7) is 1.93. The molecule has 0 spiro atoms. The van der Waals surface area contributed by atoms with Crippen molar-refractivity contribution < 1.29 is 13.2 Å². The van der Waals surface area contributed by atoms with Crippen LogP contribution in [0.25, 0.3) is 16.7 Å². The zero-order valence-corrected chi connectivity index (χ0v) is 15.1. The molecule has 0 aliphatic carbocycles. The second-order valence-electron chi connectivity index (χ2n) is 4.94. The number of thioether (sulfide) groups is 1. The van der Waals surface area contributed by atoms with Gasteiger partial charge in [-0.05, 0) is 45.9 Å². The molecule has 2 heterocycles. The molecule has 3 rings (SSSR count). The third-order valence-electron chi connectivity index (χ3n) is 3.29. The fourth-order valence-electron chi connectivity index (χ4n) is 2.19. The minimum atomic E-state index is -4.55. The molecule has 0 amide bonds. The summed E-state index contributed by atoms with van der Waals surface area (Å²) in [4.78, 5) is 17.5. The van der Waals surface area contributed by atoms with E-state index >= 15 is 0 Å². The van der Waals surface area contributed by atoms with Crippen molar-refractivity contribution in [3.8, 4) is 5.82 Å². The summed E-state index contributed by atoms with van der Waals surface area (Å²) in [5, 5.41) is 7.51. The summed E-state index contributed by atoms with van der Waals surface area (Å²) in [6, 6.07) is 4.56. The van der Waals surface area contributed by atoms with Crippen molar-refractivity contribution >= 4 is 38.6 Å². The number of nitrogens with zero attached hydrogens (tertiary/aromatic N) is 4. The van der Waals surface area contributed by atoms with E-state index in [9.17, 15) is 18.0 Å². The van der Waals surface area contributed by atoms with Gasteiger partial charge in [-0.3, -0.25) is 4.79 Å². The molecule has 0 aliphatic rings. The highest BCUT2D eigenvalue weighted by Crippen LogP contribution is 2.30. The van der Waals surface area contributed by atoms with E-state index in [-0.39, 0.29) is 16.7 Å². The van der Waals surface area contributed by atoms with Crippen LogP contribution < -0.4 is 5.56 Å². The number of alkyl halides is 3. The Morgan fingerprint density at radius 1 is 1.28 bits per heavy atom. The SMILES string of the molecule is CCSc1cc(Br)cnc1-n1nnc2ccc(C(F)(F)F)cc2c1=O. The number of hydrogen-bond donors (Lipinski definition) is 0. The van der Waals surface area contributed by atoms with Crippen LogP contribution in [0, 0.1) is 0 Å². The second kappa shape index (κ2) is 6.75. The topological polar surface area (TPSA) is 60.7 Å². The van der Waals surface area contributed by atoms with Crippen LogP contribution in [-0.2, 0) is 6.18 Å². The molecule has 0 N–H and O–H groups in total. The fraction of sp³-hybridized carbons (Fsp3) is 0.200. The average Bonchev–Trinajstić information content (AvgIpc) is 2.55. The quantitative estimate of drug-likeness (QED) is 0.586. The molecule has 0 saturated carbocycles. The molecular formula is C15H10BrF3N4OS. The molecule has 10 heteroatoms. The van der Waals surface area contributed by atoms with Gasteiger partial charge in [0.25, 0.3) is 5.56 Å². The van der Waals surface area contributed by atoms with Crippen molar-refractivity contribution in [3.63, 3.8) is 0 Å². The van der Waals surface area contributed by atoms with Crippen LogP contribution in [0.4, 0.5) is 13.2 Å². The highest BCUT2D eigenvalue weighted by Gasteiger charge is 2.31. The van der Waals surface area contributed by atoms with Crippen LogP contribution >= 0.6 is 27.7 Å². The maximum Gasteiger partial charge on any atom is 0.416 e. The Morgan fingerprint density at radius 2 is 2.04 bits per heavy atom. The maximum absolute atomic E-state index is 12.9. The van der Waals surface area contributed by atoms with Crippen LogP contribution in [0.3, 0.4) is 0 Å². The van der Waals surface area contributed by atoms with Crippen LogP contribution in [0.15, 0.2) is 44.6 Å². The van der Waals surface area contributed by atoms with E-state index in [1.54, 1.807) is 6.07 Å². The van der Waals surface area contributed by atoms with Gasteiger partial charge in [-0.1, -0.05) is 12.1 Å². The van der Waals surface area contributed by atoms with E-state index in [1.165, 1.54) is 18.0 Å². The third-order valence-corrected chi connectivity index (χ3v) is 4.62. The molecule has 0 saturated heterocycles. The van der Waals surface area contributed by atoms with E-state index in [2.05, 4.69) is 31.2 Å². The molecule has 0 bridgehead atoms. The van der Waals surface area contributed by atoms with Crippen LogP contribution in [-0.4, -0.2) is 25.7 Å². The Bertz CT molecular complexity index is 1010. The molecule has 2 aromatic heterocycles. The molecule has 25 heavy (non-hydrogen) atoms. The highest BCUT2D eigenvalue weighted by atomic mass is 79.9. The first-order valence-corrected chi connectivity index (χ1v) is 8.85. The van der Waals surface area contributed by atoms with Gasteiger partial charge < -0.3 is 0 Å². The lowest BCUT2D eigenvalue weighted by Crippen LogP contribution is -2.24. The van der Waals surface area contributed by atoms with Gasteiger partial charge in [0.05, 0.1) is 15.8 Å². The smallest absolute Gasteiger partial charge is 0.267 e. The highest BCUT2D eigenvalue weighted by molar-refractivity contribution is 9.10. The minimum Gasteiger partial charge on any atom is -0.267 e. The number of halogens is 4. The first-order chi connectivity index (χ1) is 11.8. The molecule has 0 unspecified atom stereocenters. The molecule has 0 atom stereocenters. The number of benzene rings is 1. The van der Waals surface area contributed by atoms with Gasteiger partial charge in [0.15, 0.2) is 5.82 Å². The van der Waals surface area contributed by atoms with Crippen molar-refractivity contribution in [2.24, 2.45) is 0 Å². The van der Waals surface area contributed by atoms with E-state index in [0.717, 1.165) is 28.6 Å². The molecule has 0 aliphatic heterocycles. The van der Waals surface area contributed by atoms with Crippen molar-refractivity contribution in [1.82, 2.24) is 20.0 Å². The van der Waals surface area contributed by atoms with E-state index < -0.39 is 17.3 Å². The predicted octanol–water partition coefficient (Wildman–Crippen LogP) is 4.07. The molecule has 0 fully saturated rings. The number of hydrogen-bond acceptors (Lipinski definition) is 5. The Morgan fingerprint density at radius 3 is 2.72 bits per heavy atom. The Hall–Kier alpha value is -1.94. The number of aromatic nitrogens is 4. The Balaban J connectivity index is 2.25. The number of pyridine rings is 1. The Labute approximate surface area is 152 Å². The molecule has 3 aromatic rings. The van der Waals surface area contributed by atoms with Gasteiger partial charge in [0.1, 0.15) is 5.52 Å². The second-order valence-corrected chi connectivity index (χ2v) is 7.17. The van der Waals surface area contributed by atoms with Crippen molar-refractivity contribution in [2.45, 2.75) is 18.0 Å². The lowest BCUT2D eigenvalue weighted by Gasteiger charge is -2.10. The maximum atomic E-state index is 12.9. The van der Waals surface area contributed by atoms with Gasteiger partial charge in [-0.2, -0.15) is 17.9 Å². The zero-order chi connectivity index (χ0) is 18.2. The first-order valence-electron chi connectivity index (χ1n) is 7.07. The van der Waals surface area contributed by atoms with Crippen LogP contribution in [0.2, 0.25) is 0 Å². The van der Waals surface area contributed by atoms with Gasteiger partial charge in [0.2, 0.25) is 0 Å². The van der Waals surface area contributed by atoms with E-state index in [1.807, 2.05) is 6.92 Å². The summed E-state index contributed by atoms with van der Waals surface area (Å²) < 4.78 is 40.4. The Kier molecular flexibility index (Phi) is 4.83. The summed E-state index contributed by atoms with van der Waals surface area (Å²) in [7, 11) is 0. The largest absolute Gasteiger partial charge is 0.416 e. The van der Waals surface area contributed by atoms with Crippen LogP contribution in [0.5, 0.6) is 0 Å². The van der Waals surface area contributed by atoms with Gasteiger partial charge in [-0.15, -0.1) is 16.9 Å². The molecule has 130 valence electrons. The number of rotatable bonds is 3. The van der Waals surface area contributed by atoms with Crippen molar-refractivity contribution in [3.05, 3.63) is 50.9 Å². The summed E-state index contributed by atoms with van der Waals surface area (Å²) in [6.07, 6.45) is -3.06. The summed E-state index contributed by atoms with van der Waals surface area (Å²) >= 11 is 4.74. The minimum absolute atomic E-state index is 0.0936. The monoisotopic (exact) mass is 430 g/mol. The van der Waals surface area contributed by atoms with Gasteiger partial charge in [-0.25, -0.2) is 4.98 Å². The molecular weight excluding hydrogens is 421 g/mol.